The van der Waals surface area contributed by atoms with E-state index in [4.69, 9.17) is 4.74 Å². The van der Waals surface area contributed by atoms with Gasteiger partial charge in [0, 0.05) is 25.3 Å². The normalized spacial score (nSPS) is 26.4. The minimum Gasteiger partial charge on any atom is -0.385 e. The molecule has 1 aromatic heterocycles. The summed E-state index contributed by atoms with van der Waals surface area (Å²) in [6, 6.07) is 3.13. The van der Waals surface area contributed by atoms with Crippen LogP contribution in [0, 0.1) is 6.92 Å². The van der Waals surface area contributed by atoms with Crippen molar-refractivity contribution in [3.8, 4) is 0 Å². The summed E-state index contributed by atoms with van der Waals surface area (Å²) in [4.78, 5) is 26.1. The van der Waals surface area contributed by atoms with Crippen molar-refractivity contribution in [1.82, 2.24) is 10.3 Å². The zero-order chi connectivity index (χ0) is 14.0. The maximum atomic E-state index is 11.9. The summed E-state index contributed by atoms with van der Waals surface area (Å²) in [6.07, 6.45) is 0.141. The Balaban J connectivity index is 2.04. The lowest BCUT2D eigenvalue weighted by atomic mass is 9.96. The third-order valence-electron chi connectivity index (χ3n) is 3.51. The van der Waals surface area contributed by atoms with E-state index in [1.54, 1.807) is 19.9 Å². The topological polar surface area (TPSA) is 91.4 Å². The molecule has 3 N–H and O–H groups in total. The number of ether oxygens (including phenoxy) is 1. The Morgan fingerprint density at radius 1 is 1.63 bits per heavy atom. The number of aromatic nitrogens is 1. The largest absolute Gasteiger partial charge is 0.385 e. The number of carbonyl (C=O) groups excluding carboxylic acids is 1. The molecule has 0 aliphatic carbocycles. The first-order valence-electron chi connectivity index (χ1n) is 6.24. The highest BCUT2D eigenvalue weighted by molar-refractivity contribution is 5.93. The molecule has 6 heteroatoms. The summed E-state index contributed by atoms with van der Waals surface area (Å²) in [5.41, 5.74) is -0.758. The van der Waals surface area contributed by atoms with Crippen molar-refractivity contribution in [1.29, 1.82) is 0 Å². The van der Waals surface area contributed by atoms with Crippen molar-refractivity contribution in [3.63, 3.8) is 0 Å². The fourth-order valence-corrected chi connectivity index (χ4v) is 2.08. The van der Waals surface area contributed by atoms with Gasteiger partial charge in [-0.3, -0.25) is 9.59 Å². The van der Waals surface area contributed by atoms with E-state index in [2.05, 4.69) is 10.3 Å². The number of H-pyrrole nitrogens is 1. The number of rotatable bonds is 3. The Kier molecular flexibility index (Phi) is 3.73. The van der Waals surface area contributed by atoms with E-state index in [1.165, 1.54) is 6.07 Å². The number of hydrogen-bond acceptors (Lipinski definition) is 4. The van der Waals surface area contributed by atoms with E-state index in [9.17, 15) is 14.7 Å². The molecule has 2 heterocycles. The highest BCUT2D eigenvalue weighted by Crippen LogP contribution is 2.24. The monoisotopic (exact) mass is 266 g/mol. The van der Waals surface area contributed by atoms with E-state index in [0.717, 1.165) is 0 Å². The molecule has 0 aromatic carbocycles. The Morgan fingerprint density at radius 3 is 2.95 bits per heavy atom. The van der Waals surface area contributed by atoms with Crippen molar-refractivity contribution in [2.75, 3.05) is 13.2 Å². The molecular weight excluding hydrogens is 248 g/mol. The highest BCUT2D eigenvalue weighted by Gasteiger charge is 2.39. The fourth-order valence-electron chi connectivity index (χ4n) is 2.08. The lowest BCUT2D eigenvalue weighted by Gasteiger charge is -2.26. The summed E-state index contributed by atoms with van der Waals surface area (Å²) in [6.45, 7) is 4.04. The minimum absolute atomic E-state index is 0.0424. The molecule has 0 radical (unpaired) electrons. The molecular formula is C13H18N2O4. The number of hydrogen-bond donors (Lipinski definition) is 3. The van der Waals surface area contributed by atoms with Gasteiger partial charge in [-0.05, 0) is 26.0 Å². The van der Waals surface area contributed by atoms with Crippen molar-refractivity contribution < 1.29 is 14.6 Å². The average Bonchev–Trinajstić information content (AvgIpc) is 2.67. The van der Waals surface area contributed by atoms with E-state index < -0.39 is 17.1 Å². The van der Waals surface area contributed by atoms with Crippen molar-refractivity contribution in [2.24, 2.45) is 0 Å². The van der Waals surface area contributed by atoms with Crippen LogP contribution in [-0.4, -0.2) is 40.9 Å². The molecule has 2 rings (SSSR count). The van der Waals surface area contributed by atoms with Gasteiger partial charge in [0.05, 0.1) is 6.10 Å². The van der Waals surface area contributed by atoms with Gasteiger partial charge in [0.25, 0.3) is 11.5 Å². The molecule has 1 aliphatic rings. The Bertz CT molecular complexity index is 540. The lowest BCUT2D eigenvalue weighted by Crippen LogP contribution is -2.48. The first-order valence-corrected chi connectivity index (χ1v) is 6.24. The summed E-state index contributed by atoms with van der Waals surface area (Å²) in [7, 11) is 0. The summed E-state index contributed by atoms with van der Waals surface area (Å²) in [5, 5.41) is 12.8. The molecule has 19 heavy (non-hydrogen) atoms. The molecule has 104 valence electrons. The predicted molar refractivity (Wildman–Crippen MR) is 69.1 cm³/mol. The van der Waals surface area contributed by atoms with Gasteiger partial charge in [0.2, 0.25) is 0 Å². The summed E-state index contributed by atoms with van der Waals surface area (Å²) < 4.78 is 5.28. The van der Waals surface area contributed by atoms with Crippen LogP contribution in [0.25, 0.3) is 0 Å². The number of aromatic amines is 1. The van der Waals surface area contributed by atoms with Gasteiger partial charge in [0.15, 0.2) is 0 Å². The number of pyridine rings is 1. The third kappa shape index (κ3) is 2.85. The number of nitrogens with one attached hydrogen (secondary N) is 2. The van der Waals surface area contributed by atoms with Crippen LogP contribution in [0.3, 0.4) is 0 Å². The predicted octanol–water partition coefficient (Wildman–Crippen LogP) is -0.0470. The Morgan fingerprint density at radius 2 is 2.37 bits per heavy atom. The van der Waals surface area contributed by atoms with E-state index in [1.807, 2.05) is 0 Å². The SMILES string of the molecule is Cc1ccc(C(=O)NCC2(O)CCOC2C)c(=O)[nH]1. The number of amides is 1. The molecule has 0 bridgehead atoms. The molecule has 1 aromatic rings. The third-order valence-corrected chi connectivity index (χ3v) is 3.51. The summed E-state index contributed by atoms with van der Waals surface area (Å²) >= 11 is 0. The van der Waals surface area contributed by atoms with E-state index in [0.29, 0.717) is 18.7 Å². The van der Waals surface area contributed by atoms with Gasteiger partial charge in [-0.25, -0.2) is 0 Å². The van der Waals surface area contributed by atoms with Crippen molar-refractivity contribution in [2.45, 2.75) is 32.0 Å². The van der Waals surface area contributed by atoms with Crippen LogP contribution in [0.1, 0.15) is 29.4 Å². The van der Waals surface area contributed by atoms with Gasteiger partial charge >= 0.3 is 0 Å². The zero-order valence-electron chi connectivity index (χ0n) is 11.0. The number of aryl methyl sites for hydroxylation is 1. The molecule has 1 aliphatic heterocycles. The van der Waals surface area contributed by atoms with E-state index in [-0.39, 0.29) is 18.2 Å². The van der Waals surface area contributed by atoms with Crippen LogP contribution in [-0.2, 0) is 4.74 Å². The average molecular weight is 266 g/mol. The Labute approximate surface area is 110 Å². The second kappa shape index (κ2) is 5.14. The lowest BCUT2D eigenvalue weighted by molar-refractivity contribution is -0.0251. The first kappa shape index (κ1) is 13.8. The number of carbonyl (C=O) groups is 1. The molecule has 2 unspecified atom stereocenters. The quantitative estimate of drug-likeness (QED) is 0.715. The Hall–Kier alpha value is -1.66. The minimum atomic E-state index is -1.06. The van der Waals surface area contributed by atoms with Crippen LogP contribution < -0.4 is 10.9 Å². The standard InChI is InChI=1S/C13H18N2O4/c1-8-3-4-10(12(17)15-8)11(16)14-7-13(18)5-6-19-9(13)2/h3-4,9,18H,5-7H2,1-2H3,(H,14,16)(H,15,17). The molecule has 1 saturated heterocycles. The maximum Gasteiger partial charge on any atom is 0.260 e. The zero-order valence-corrected chi connectivity index (χ0v) is 11.0. The van der Waals surface area contributed by atoms with E-state index >= 15 is 0 Å². The summed E-state index contributed by atoms with van der Waals surface area (Å²) in [5.74, 6) is -0.492. The van der Waals surface area contributed by atoms with Crippen molar-refractivity contribution >= 4 is 5.91 Å². The van der Waals surface area contributed by atoms with Crippen LogP contribution >= 0.6 is 0 Å². The van der Waals surface area contributed by atoms with Gasteiger partial charge in [-0.1, -0.05) is 0 Å². The van der Waals surface area contributed by atoms with Crippen LogP contribution in [0.4, 0.5) is 0 Å². The van der Waals surface area contributed by atoms with Gasteiger partial charge in [0.1, 0.15) is 11.2 Å². The van der Waals surface area contributed by atoms with Crippen LogP contribution in [0.2, 0.25) is 0 Å². The van der Waals surface area contributed by atoms with Crippen molar-refractivity contribution in [3.05, 3.63) is 33.7 Å². The number of aliphatic hydroxyl groups is 1. The molecule has 1 amide bonds. The van der Waals surface area contributed by atoms with Crippen LogP contribution in [0.5, 0.6) is 0 Å². The van der Waals surface area contributed by atoms with Crippen LogP contribution in [0.15, 0.2) is 16.9 Å². The maximum absolute atomic E-state index is 11.9. The second-order valence-electron chi connectivity index (χ2n) is 4.93. The smallest absolute Gasteiger partial charge is 0.260 e. The highest BCUT2D eigenvalue weighted by atomic mass is 16.5. The molecule has 0 saturated carbocycles. The molecule has 6 nitrogen and oxygen atoms in total. The molecule has 1 fully saturated rings. The molecule has 0 spiro atoms. The first-order chi connectivity index (χ1) is 8.92. The van der Waals surface area contributed by atoms with Gasteiger partial charge in [-0.2, -0.15) is 0 Å². The molecule has 2 atom stereocenters. The van der Waals surface area contributed by atoms with Gasteiger partial charge < -0.3 is 20.1 Å². The fraction of sp³-hybridized carbons (Fsp3) is 0.538. The second-order valence-corrected chi connectivity index (χ2v) is 4.93. The van der Waals surface area contributed by atoms with Gasteiger partial charge in [-0.15, -0.1) is 0 Å².